The molecule has 4 amide bonds. The fourth-order valence-corrected chi connectivity index (χ4v) is 7.84. The summed E-state index contributed by atoms with van der Waals surface area (Å²) in [6.45, 7) is 1.92. The maximum atomic E-state index is 14.0. The number of hydrogen-bond donors (Lipinski definition) is 3. The van der Waals surface area contributed by atoms with E-state index in [1.54, 1.807) is 4.90 Å². The zero-order chi connectivity index (χ0) is 34.8. The fraction of sp³-hybridized carbons (Fsp3) is 0.694. The summed E-state index contributed by atoms with van der Waals surface area (Å²) in [6.07, 6.45) is 8.03. The number of nitrogens with two attached hydrogens (primary N) is 1. The first kappa shape index (κ1) is 36.4. The molecule has 13 heteroatoms. The van der Waals surface area contributed by atoms with Crippen LogP contribution in [0.1, 0.15) is 94.6 Å². The number of ether oxygens (including phenoxy) is 3. The van der Waals surface area contributed by atoms with Crippen molar-refractivity contribution in [2.45, 2.75) is 121 Å². The second kappa shape index (κ2) is 17.7. The molecule has 270 valence electrons. The first-order valence-corrected chi connectivity index (χ1v) is 18.1. The maximum Gasteiger partial charge on any atom is 0.410 e. The van der Waals surface area contributed by atoms with Gasteiger partial charge < -0.3 is 40.2 Å². The lowest BCUT2D eigenvalue weighted by Gasteiger charge is -2.29. The molecule has 4 aliphatic rings. The van der Waals surface area contributed by atoms with E-state index in [0.29, 0.717) is 58.4 Å². The van der Waals surface area contributed by atoms with Crippen LogP contribution in [0.5, 0.6) is 0 Å². The van der Waals surface area contributed by atoms with E-state index in [9.17, 15) is 29.1 Å². The summed E-state index contributed by atoms with van der Waals surface area (Å²) < 4.78 is 16.8. The van der Waals surface area contributed by atoms with Gasteiger partial charge in [0.15, 0.2) is 0 Å². The maximum absolute atomic E-state index is 14.0. The molecule has 5 atom stereocenters. The topological polar surface area (TPSA) is 178 Å². The first-order chi connectivity index (χ1) is 23.7. The zero-order valence-electron chi connectivity index (χ0n) is 28.4. The van der Waals surface area contributed by atoms with Gasteiger partial charge in [0.2, 0.25) is 11.8 Å². The Bertz CT molecular complexity index is 1320. The summed E-state index contributed by atoms with van der Waals surface area (Å²) in [5.74, 6) is -1.81. The lowest BCUT2D eigenvalue weighted by Crippen LogP contribution is -2.53. The predicted octanol–water partition coefficient (Wildman–Crippen LogP) is 4.14. The quantitative estimate of drug-likeness (QED) is 0.243. The Labute approximate surface area is 288 Å². The van der Waals surface area contributed by atoms with Gasteiger partial charge in [0.05, 0.1) is 25.7 Å². The third kappa shape index (κ3) is 10.1. The number of benzene rings is 1. The number of carboxylic acid groups (broad SMARTS) is 1. The van der Waals surface area contributed by atoms with Gasteiger partial charge in [0.25, 0.3) is 0 Å². The van der Waals surface area contributed by atoms with Crippen LogP contribution in [0, 0.1) is 11.8 Å². The van der Waals surface area contributed by atoms with Crippen molar-refractivity contribution in [3.63, 3.8) is 0 Å². The highest BCUT2D eigenvalue weighted by Gasteiger charge is 2.43. The van der Waals surface area contributed by atoms with Crippen LogP contribution in [0.25, 0.3) is 0 Å². The number of carboxylic acids is 1. The highest BCUT2D eigenvalue weighted by atomic mass is 16.6. The van der Waals surface area contributed by atoms with Crippen molar-refractivity contribution >= 4 is 30.0 Å². The van der Waals surface area contributed by atoms with Crippen molar-refractivity contribution in [2.75, 3.05) is 26.3 Å². The van der Waals surface area contributed by atoms with Crippen molar-refractivity contribution in [1.82, 2.24) is 15.1 Å². The molecule has 1 aromatic carbocycles. The molecule has 0 aromatic heterocycles. The average molecular weight is 685 g/mol. The van der Waals surface area contributed by atoms with Crippen LogP contribution in [0.2, 0.25) is 0 Å². The van der Waals surface area contributed by atoms with Crippen LogP contribution in [0.15, 0.2) is 24.3 Å². The molecule has 3 fully saturated rings. The van der Waals surface area contributed by atoms with Gasteiger partial charge >= 0.3 is 18.2 Å². The Kier molecular flexibility index (Phi) is 13.1. The number of likely N-dealkylation sites (tertiary alicyclic amines) is 1. The molecule has 0 spiro atoms. The summed E-state index contributed by atoms with van der Waals surface area (Å²) in [4.78, 5) is 67.1. The second-order valence-corrected chi connectivity index (χ2v) is 14.0. The van der Waals surface area contributed by atoms with Crippen LogP contribution < -0.4 is 11.1 Å². The Morgan fingerprint density at radius 2 is 1.67 bits per heavy atom. The summed E-state index contributed by atoms with van der Waals surface area (Å²) >= 11 is 0. The number of carbonyl (C=O) groups is 5. The van der Waals surface area contributed by atoms with Crippen molar-refractivity contribution in [3.05, 3.63) is 35.4 Å². The number of unbranched alkanes of at least 4 members (excludes halogenated alkanes) is 4. The van der Waals surface area contributed by atoms with Gasteiger partial charge in [-0.2, -0.15) is 0 Å². The van der Waals surface area contributed by atoms with Crippen molar-refractivity contribution in [1.29, 1.82) is 0 Å². The second-order valence-electron chi connectivity index (χ2n) is 14.0. The molecule has 1 aliphatic carbocycles. The summed E-state index contributed by atoms with van der Waals surface area (Å²) in [5.41, 5.74) is 8.00. The normalized spacial score (nSPS) is 24.6. The van der Waals surface area contributed by atoms with E-state index in [2.05, 4.69) is 11.4 Å². The first-order valence-electron chi connectivity index (χ1n) is 18.1. The molecule has 49 heavy (non-hydrogen) atoms. The number of alkyl carbamates (subject to hydrolysis) is 1. The SMILES string of the molecule is NC(=O)[C@@H]1C[C@@H](OC(=O)N2CCc3ccccc3C2)CN1C(=O)[C@H](CCCCCCC[C@@H]1CCCC1C(=O)O)NC(=O)OC1CCOCC1. The number of fused-ring (bicyclic) bond motifs is 1. The number of nitrogens with zero attached hydrogens (tertiary/aromatic N) is 2. The van der Waals surface area contributed by atoms with Gasteiger partial charge in [-0.05, 0) is 49.1 Å². The standard InChI is InChI=1S/C36H52N4O9/c37-32(41)31-21-28(49-36(46)39-18-15-24-9-6-7-11-26(24)22-39)23-40(31)33(42)30(38-35(45)48-27-16-19-47-20-17-27)14-5-3-1-2-4-10-25-12-8-13-29(25)34(43)44/h6-7,9,11,25,27-31H,1-5,8,10,12-23H2,(H2,37,41)(H,38,45)(H,43,44)/t25-,28-,29?,30+,31+/m1/s1. The largest absolute Gasteiger partial charge is 0.481 e. The minimum absolute atomic E-state index is 0.00565. The fourth-order valence-electron chi connectivity index (χ4n) is 7.84. The van der Waals surface area contributed by atoms with Gasteiger partial charge in [-0.1, -0.05) is 62.8 Å². The molecule has 13 nitrogen and oxygen atoms in total. The molecule has 0 radical (unpaired) electrons. The Hall–Kier alpha value is -3.87. The van der Waals surface area contributed by atoms with E-state index in [4.69, 9.17) is 19.9 Å². The van der Waals surface area contributed by atoms with E-state index in [1.807, 2.05) is 18.2 Å². The third-order valence-corrected chi connectivity index (χ3v) is 10.6. The Balaban J connectivity index is 1.15. The van der Waals surface area contributed by atoms with Gasteiger partial charge in [0.1, 0.15) is 24.3 Å². The Morgan fingerprint density at radius 3 is 2.43 bits per heavy atom. The number of carbonyl (C=O) groups excluding carboxylic acids is 4. The molecule has 3 heterocycles. The number of amides is 4. The van der Waals surface area contributed by atoms with Crippen molar-refractivity contribution in [3.8, 4) is 0 Å². The van der Waals surface area contributed by atoms with Crippen LogP contribution in [-0.2, 0) is 41.6 Å². The molecule has 2 saturated heterocycles. The van der Waals surface area contributed by atoms with Crippen LogP contribution in [0.4, 0.5) is 9.59 Å². The van der Waals surface area contributed by atoms with Crippen LogP contribution in [0.3, 0.4) is 0 Å². The van der Waals surface area contributed by atoms with E-state index in [1.165, 1.54) is 10.5 Å². The molecule has 1 saturated carbocycles. The van der Waals surface area contributed by atoms with E-state index >= 15 is 0 Å². The number of nitrogens with one attached hydrogen (secondary N) is 1. The number of primary amides is 1. The smallest absolute Gasteiger partial charge is 0.410 e. The van der Waals surface area contributed by atoms with E-state index < -0.39 is 48.2 Å². The van der Waals surface area contributed by atoms with Crippen LogP contribution in [-0.4, -0.2) is 95.5 Å². The molecule has 1 aromatic rings. The third-order valence-electron chi connectivity index (χ3n) is 10.6. The van der Waals surface area contributed by atoms with Gasteiger partial charge in [-0.15, -0.1) is 0 Å². The molecular formula is C36H52N4O9. The highest BCUT2D eigenvalue weighted by Crippen LogP contribution is 2.35. The average Bonchev–Trinajstić information content (AvgIpc) is 3.75. The minimum Gasteiger partial charge on any atom is -0.481 e. The molecule has 0 bridgehead atoms. The molecular weight excluding hydrogens is 632 g/mol. The number of aliphatic carboxylic acids is 1. The van der Waals surface area contributed by atoms with Crippen molar-refractivity contribution < 1.29 is 43.3 Å². The zero-order valence-corrected chi connectivity index (χ0v) is 28.4. The minimum atomic E-state index is -0.978. The highest BCUT2D eigenvalue weighted by molar-refractivity contribution is 5.91. The molecule has 1 unspecified atom stereocenters. The number of rotatable bonds is 14. The van der Waals surface area contributed by atoms with Gasteiger partial charge in [-0.25, -0.2) is 9.59 Å². The summed E-state index contributed by atoms with van der Waals surface area (Å²) in [6, 6.07) is 6.02. The van der Waals surface area contributed by atoms with Gasteiger partial charge in [-0.3, -0.25) is 14.4 Å². The Morgan fingerprint density at radius 1 is 0.939 bits per heavy atom. The van der Waals surface area contributed by atoms with E-state index in [-0.39, 0.29) is 30.9 Å². The lowest BCUT2D eigenvalue weighted by atomic mass is 9.90. The van der Waals surface area contributed by atoms with Crippen LogP contribution >= 0.6 is 0 Å². The predicted molar refractivity (Wildman–Crippen MR) is 178 cm³/mol. The summed E-state index contributed by atoms with van der Waals surface area (Å²) in [5, 5.41) is 12.2. The van der Waals surface area contributed by atoms with Gasteiger partial charge in [0, 0.05) is 32.4 Å². The number of hydrogen-bond acceptors (Lipinski definition) is 8. The summed E-state index contributed by atoms with van der Waals surface area (Å²) in [7, 11) is 0. The van der Waals surface area contributed by atoms with Crippen molar-refractivity contribution in [2.24, 2.45) is 17.6 Å². The molecule has 3 aliphatic heterocycles. The van der Waals surface area contributed by atoms with E-state index in [0.717, 1.165) is 56.9 Å². The lowest BCUT2D eigenvalue weighted by molar-refractivity contribution is -0.143. The molecule has 5 rings (SSSR count). The monoisotopic (exact) mass is 684 g/mol. The molecule has 4 N–H and O–H groups in total.